The largest absolute Gasteiger partial charge is 0.460 e. The Balaban J connectivity index is 2.39. The Bertz CT molecular complexity index is 675. The van der Waals surface area contributed by atoms with Crippen LogP contribution in [-0.2, 0) is 0 Å². The highest BCUT2D eigenvalue weighted by Crippen LogP contribution is 2.63. The first-order valence-corrected chi connectivity index (χ1v) is 11.2. The highest BCUT2D eigenvalue weighted by atomic mass is 19.4. The van der Waals surface area contributed by atoms with Crippen molar-refractivity contribution < 1.29 is 57.1 Å². The van der Waals surface area contributed by atoms with Crippen molar-refractivity contribution in [1.82, 2.24) is 0 Å². The predicted octanol–water partition coefficient (Wildman–Crippen LogP) is 9.14. The maximum atomic E-state index is 14.9. The molecule has 0 spiro atoms. The van der Waals surface area contributed by atoms with Crippen molar-refractivity contribution in [2.24, 2.45) is 23.7 Å². The topological polar surface area (TPSA) is 0 Å². The van der Waals surface area contributed by atoms with E-state index in [9.17, 15) is 57.1 Å². The smallest absolute Gasteiger partial charge is 0.199 e. The zero-order chi connectivity index (χ0) is 26.4. The summed E-state index contributed by atoms with van der Waals surface area (Å²) in [5, 5.41) is 0. The molecule has 34 heavy (non-hydrogen) atoms. The molecule has 2 fully saturated rings. The summed E-state index contributed by atoms with van der Waals surface area (Å²) in [6.07, 6.45) is -4.55. The fraction of sp³-hybridized carbons (Fsp3) is 1.00. The molecular formula is C21H27F13. The van der Waals surface area contributed by atoms with Crippen LogP contribution >= 0.6 is 0 Å². The lowest BCUT2D eigenvalue weighted by Gasteiger charge is -2.47. The SMILES string of the molecule is CCC[C@H]1CC[C@H]([C@@H]2CCCC[C@H]2C(F)(F)C(F)(F)C(F)(F)C(F)(F)C(F)(F)C(F)(F)F)CC1. The highest BCUT2D eigenvalue weighted by molar-refractivity contribution is 5.12. The highest BCUT2D eigenvalue weighted by Gasteiger charge is 2.91. The summed E-state index contributed by atoms with van der Waals surface area (Å²) in [4.78, 5) is 0. The molecule has 2 saturated carbocycles. The Morgan fingerprint density at radius 3 is 1.50 bits per heavy atom. The van der Waals surface area contributed by atoms with Gasteiger partial charge in [0.1, 0.15) is 0 Å². The monoisotopic (exact) mass is 526 g/mol. The third-order valence-electron chi connectivity index (χ3n) is 7.44. The Morgan fingerprint density at radius 2 is 1.03 bits per heavy atom. The average Bonchev–Trinajstić information content (AvgIpc) is 2.73. The van der Waals surface area contributed by atoms with Crippen molar-refractivity contribution in [1.29, 1.82) is 0 Å². The second-order valence-corrected chi connectivity index (χ2v) is 9.54. The molecule has 0 N–H and O–H groups in total. The normalized spacial score (nSPS) is 28.8. The third-order valence-corrected chi connectivity index (χ3v) is 7.44. The van der Waals surface area contributed by atoms with Crippen LogP contribution < -0.4 is 0 Å². The fourth-order valence-electron chi connectivity index (χ4n) is 5.50. The standard InChI is InChI=1S/C21H27F13/c1-2-5-12-8-10-13(11-9-12)14-6-3-4-7-15(14)16(22,23)17(24,25)18(26,27)19(28,29)20(30,31)21(32,33)34/h12-15H,2-11H2,1H3/t12-,13-,14-,15+/m0/s1. The van der Waals surface area contributed by atoms with Crippen molar-refractivity contribution in [3.05, 3.63) is 0 Å². The van der Waals surface area contributed by atoms with E-state index in [-0.39, 0.29) is 25.2 Å². The molecule has 2 aliphatic carbocycles. The van der Waals surface area contributed by atoms with Gasteiger partial charge in [-0.3, -0.25) is 0 Å². The summed E-state index contributed by atoms with van der Waals surface area (Å²) >= 11 is 0. The predicted molar refractivity (Wildman–Crippen MR) is 96.6 cm³/mol. The minimum Gasteiger partial charge on any atom is -0.199 e. The molecule has 0 heterocycles. The van der Waals surface area contributed by atoms with Crippen molar-refractivity contribution in [3.63, 3.8) is 0 Å². The zero-order valence-electron chi connectivity index (χ0n) is 18.3. The molecule has 0 unspecified atom stereocenters. The Hall–Kier alpha value is -0.910. The second kappa shape index (κ2) is 9.52. The minimum atomic E-state index is -7.83. The number of halogens is 13. The van der Waals surface area contributed by atoms with E-state index in [0.29, 0.717) is 25.7 Å². The number of rotatable bonds is 8. The molecule has 0 saturated heterocycles. The molecule has 0 aromatic carbocycles. The first-order chi connectivity index (χ1) is 15.3. The van der Waals surface area contributed by atoms with E-state index < -0.39 is 60.0 Å². The molecule has 0 radical (unpaired) electrons. The third kappa shape index (κ3) is 4.62. The molecule has 0 aromatic heterocycles. The number of alkyl halides is 13. The molecule has 2 atom stereocenters. The molecule has 0 aliphatic heterocycles. The molecule has 0 bridgehead atoms. The van der Waals surface area contributed by atoms with Crippen LogP contribution in [0, 0.1) is 23.7 Å². The summed E-state index contributed by atoms with van der Waals surface area (Å²) < 4.78 is 177. The van der Waals surface area contributed by atoms with Crippen LogP contribution in [-0.4, -0.2) is 35.8 Å². The van der Waals surface area contributed by atoms with Gasteiger partial charge in [-0.2, -0.15) is 57.1 Å². The number of hydrogen-bond donors (Lipinski definition) is 0. The molecule has 2 rings (SSSR count). The van der Waals surface area contributed by atoms with Gasteiger partial charge in [0.2, 0.25) is 0 Å². The van der Waals surface area contributed by atoms with E-state index in [2.05, 4.69) is 0 Å². The maximum absolute atomic E-state index is 14.9. The fourth-order valence-corrected chi connectivity index (χ4v) is 5.50. The summed E-state index contributed by atoms with van der Waals surface area (Å²) in [5.74, 6) is -40.5. The summed E-state index contributed by atoms with van der Waals surface area (Å²) in [5.41, 5.74) is 0. The van der Waals surface area contributed by atoms with E-state index in [1.807, 2.05) is 6.92 Å². The van der Waals surface area contributed by atoms with E-state index in [0.717, 1.165) is 12.8 Å². The zero-order valence-corrected chi connectivity index (χ0v) is 18.3. The van der Waals surface area contributed by atoms with Crippen LogP contribution in [0.5, 0.6) is 0 Å². The van der Waals surface area contributed by atoms with Gasteiger partial charge in [0.25, 0.3) is 0 Å². The Kier molecular flexibility index (Phi) is 8.21. The lowest BCUT2D eigenvalue weighted by molar-refractivity contribution is -0.444. The van der Waals surface area contributed by atoms with Gasteiger partial charge in [-0.25, -0.2) is 0 Å². The van der Waals surface area contributed by atoms with Crippen LogP contribution in [0.15, 0.2) is 0 Å². The van der Waals surface area contributed by atoms with Crippen molar-refractivity contribution in [2.45, 2.75) is 107 Å². The summed E-state index contributed by atoms with van der Waals surface area (Å²) in [6, 6.07) is 0. The van der Waals surface area contributed by atoms with E-state index in [4.69, 9.17) is 0 Å². The summed E-state index contributed by atoms with van der Waals surface area (Å²) in [6.45, 7) is 1.93. The lowest BCUT2D eigenvalue weighted by Crippen LogP contribution is -2.71. The molecule has 0 aromatic rings. The van der Waals surface area contributed by atoms with Gasteiger partial charge in [0.15, 0.2) is 0 Å². The molecule has 13 heteroatoms. The van der Waals surface area contributed by atoms with Gasteiger partial charge in [-0.15, -0.1) is 0 Å². The molecule has 2 aliphatic rings. The van der Waals surface area contributed by atoms with Crippen LogP contribution in [0.1, 0.15) is 71.1 Å². The quantitative estimate of drug-likeness (QED) is 0.277. The van der Waals surface area contributed by atoms with E-state index in [1.54, 1.807) is 0 Å². The maximum Gasteiger partial charge on any atom is 0.460 e. The molecular weight excluding hydrogens is 499 g/mol. The average molecular weight is 526 g/mol. The van der Waals surface area contributed by atoms with Gasteiger partial charge >= 0.3 is 35.8 Å². The Morgan fingerprint density at radius 1 is 0.559 bits per heavy atom. The van der Waals surface area contributed by atoms with Gasteiger partial charge in [-0.1, -0.05) is 45.4 Å². The van der Waals surface area contributed by atoms with Gasteiger partial charge < -0.3 is 0 Å². The lowest BCUT2D eigenvalue weighted by atomic mass is 9.63. The summed E-state index contributed by atoms with van der Waals surface area (Å²) in [7, 11) is 0. The molecule has 202 valence electrons. The molecule has 0 nitrogen and oxygen atoms in total. The van der Waals surface area contributed by atoms with Gasteiger partial charge in [0.05, 0.1) is 0 Å². The van der Waals surface area contributed by atoms with Crippen LogP contribution in [0.25, 0.3) is 0 Å². The Labute approximate surface area is 188 Å². The van der Waals surface area contributed by atoms with E-state index >= 15 is 0 Å². The van der Waals surface area contributed by atoms with Crippen molar-refractivity contribution in [2.75, 3.05) is 0 Å². The first-order valence-electron chi connectivity index (χ1n) is 11.2. The second-order valence-electron chi connectivity index (χ2n) is 9.54. The van der Waals surface area contributed by atoms with Gasteiger partial charge in [-0.05, 0) is 43.4 Å². The molecule has 0 amide bonds. The minimum absolute atomic E-state index is 0.0832. The van der Waals surface area contributed by atoms with Crippen LogP contribution in [0.4, 0.5) is 57.1 Å². The number of hydrogen-bond acceptors (Lipinski definition) is 0. The van der Waals surface area contributed by atoms with Gasteiger partial charge in [0, 0.05) is 5.92 Å². The van der Waals surface area contributed by atoms with Crippen molar-refractivity contribution >= 4 is 0 Å². The van der Waals surface area contributed by atoms with Crippen molar-refractivity contribution in [3.8, 4) is 0 Å². The van der Waals surface area contributed by atoms with Crippen LogP contribution in [0.2, 0.25) is 0 Å². The first kappa shape index (κ1) is 29.3. The van der Waals surface area contributed by atoms with E-state index in [1.165, 1.54) is 0 Å². The van der Waals surface area contributed by atoms with Crippen LogP contribution in [0.3, 0.4) is 0 Å².